The molecule has 1 aromatic heterocycles. The molecular weight excluding hydrogens is 214 g/mol. The quantitative estimate of drug-likeness (QED) is 0.865. The Morgan fingerprint density at radius 1 is 1.41 bits per heavy atom. The maximum atomic E-state index is 11.6. The topological polar surface area (TPSA) is 46.9 Å². The van der Waals surface area contributed by atoms with Crippen molar-refractivity contribution in [2.24, 2.45) is 0 Å². The molecule has 90 valence electrons. The molecule has 2 rings (SSSR count). The molecule has 0 spiro atoms. The fraction of sp³-hybridized carbons (Fsp3) is 0.385. The van der Waals surface area contributed by atoms with E-state index in [-0.39, 0.29) is 5.43 Å². The molecular formula is C13H17N3O. The Kier molecular flexibility index (Phi) is 3.54. The van der Waals surface area contributed by atoms with Gasteiger partial charge in [-0.05, 0) is 32.5 Å². The molecule has 0 amide bonds. The van der Waals surface area contributed by atoms with Gasteiger partial charge < -0.3 is 5.32 Å². The van der Waals surface area contributed by atoms with Gasteiger partial charge in [-0.25, -0.2) is 0 Å². The highest BCUT2D eigenvalue weighted by atomic mass is 16.1. The SMILES string of the molecule is CNC(C)CCn1ncc(=O)c2ccccc21. The largest absolute Gasteiger partial charge is 0.317 e. The van der Waals surface area contributed by atoms with E-state index in [1.165, 1.54) is 6.20 Å². The highest BCUT2D eigenvalue weighted by Crippen LogP contribution is 2.08. The summed E-state index contributed by atoms with van der Waals surface area (Å²) in [6, 6.07) is 8.03. The summed E-state index contributed by atoms with van der Waals surface area (Å²) >= 11 is 0. The van der Waals surface area contributed by atoms with Gasteiger partial charge in [0.2, 0.25) is 5.43 Å². The van der Waals surface area contributed by atoms with Crippen LogP contribution in [0.2, 0.25) is 0 Å². The monoisotopic (exact) mass is 231 g/mol. The molecule has 0 bridgehead atoms. The number of hydrogen-bond donors (Lipinski definition) is 1. The molecule has 0 radical (unpaired) electrons. The van der Waals surface area contributed by atoms with Crippen molar-refractivity contribution >= 4 is 10.9 Å². The molecule has 4 heteroatoms. The summed E-state index contributed by atoms with van der Waals surface area (Å²) in [7, 11) is 1.95. The zero-order valence-electron chi connectivity index (χ0n) is 10.2. The summed E-state index contributed by atoms with van der Waals surface area (Å²) in [4.78, 5) is 11.6. The molecule has 1 unspecified atom stereocenters. The molecule has 2 aromatic rings. The number of nitrogens with zero attached hydrogens (tertiary/aromatic N) is 2. The third-order valence-corrected chi connectivity index (χ3v) is 3.03. The van der Waals surface area contributed by atoms with Gasteiger partial charge in [0.15, 0.2) is 0 Å². The fourth-order valence-electron chi connectivity index (χ4n) is 1.80. The summed E-state index contributed by atoms with van der Waals surface area (Å²) < 4.78 is 1.89. The zero-order valence-corrected chi connectivity index (χ0v) is 10.2. The second-order valence-electron chi connectivity index (χ2n) is 4.23. The van der Waals surface area contributed by atoms with Crippen molar-refractivity contribution in [1.82, 2.24) is 15.1 Å². The minimum atomic E-state index is -0.0153. The molecule has 0 aliphatic heterocycles. The van der Waals surface area contributed by atoms with E-state index in [4.69, 9.17) is 0 Å². The molecule has 0 aliphatic carbocycles. The zero-order chi connectivity index (χ0) is 12.3. The first-order valence-corrected chi connectivity index (χ1v) is 5.84. The highest BCUT2D eigenvalue weighted by Gasteiger charge is 2.04. The Bertz CT molecular complexity index is 562. The third kappa shape index (κ3) is 2.53. The minimum absolute atomic E-state index is 0.0153. The van der Waals surface area contributed by atoms with Gasteiger partial charge in [0.25, 0.3) is 0 Å². The maximum absolute atomic E-state index is 11.6. The predicted molar refractivity (Wildman–Crippen MR) is 69.1 cm³/mol. The van der Waals surface area contributed by atoms with Crippen LogP contribution in [0.3, 0.4) is 0 Å². The van der Waals surface area contributed by atoms with Gasteiger partial charge in [0.05, 0.1) is 11.7 Å². The summed E-state index contributed by atoms with van der Waals surface area (Å²) in [6.45, 7) is 2.94. The number of fused-ring (bicyclic) bond motifs is 1. The molecule has 1 aromatic carbocycles. The van der Waals surface area contributed by atoms with E-state index in [0.29, 0.717) is 6.04 Å². The Morgan fingerprint density at radius 2 is 2.18 bits per heavy atom. The molecule has 0 saturated heterocycles. The first kappa shape index (κ1) is 11.8. The van der Waals surface area contributed by atoms with Gasteiger partial charge in [-0.1, -0.05) is 12.1 Å². The number of para-hydroxylation sites is 1. The normalized spacial score (nSPS) is 12.8. The van der Waals surface area contributed by atoms with Crippen molar-refractivity contribution in [2.75, 3.05) is 7.05 Å². The lowest BCUT2D eigenvalue weighted by Crippen LogP contribution is -2.24. The van der Waals surface area contributed by atoms with Crippen molar-refractivity contribution in [1.29, 1.82) is 0 Å². The van der Waals surface area contributed by atoms with Gasteiger partial charge >= 0.3 is 0 Å². The molecule has 1 atom stereocenters. The number of nitrogens with one attached hydrogen (secondary N) is 1. The Labute approximate surface area is 100 Å². The van der Waals surface area contributed by atoms with Gasteiger partial charge in [-0.3, -0.25) is 9.48 Å². The molecule has 0 aliphatic rings. The summed E-state index contributed by atoms with van der Waals surface area (Å²) in [6.07, 6.45) is 2.38. The van der Waals surface area contributed by atoms with Crippen molar-refractivity contribution < 1.29 is 0 Å². The first-order valence-electron chi connectivity index (χ1n) is 5.84. The number of rotatable bonds is 4. The average molecular weight is 231 g/mol. The summed E-state index contributed by atoms with van der Waals surface area (Å²) in [5.41, 5.74) is 0.891. The predicted octanol–water partition coefficient (Wildman–Crippen LogP) is 1.39. The van der Waals surface area contributed by atoms with Crippen molar-refractivity contribution in [3.8, 4) is 0 Å². The second kappa shape index (κ2) is 5.10. The summed E-state index contributed by atoms with van der Waals surface area (Å²) in [5.74, 6) is 0. The number of aryl methyl sites for hydroxylation is 1. The van der Waals surface area contributed by atoms with E-state index in [1.807, 2.05) is 36.0 Å². The molecule has 1 heterocycles. The van der Waals surface area contributed by atoms with E-state index in [1.54, 1.807) is 0 Å². The van der Waals surface area contributed by atoms with Crippen LogP contribution in [0.5, 0.6) is 0 Å². The lowest BCUT2D eigenvalue weighted by Gasteiger charge is -2.12. The maximum Gasteiger partial charge on any atom is 0.207 e. The Balaban J connectivity index is 2.35. The van der Waals surface area contributed by atoms with E-state index in [0.717, 1.165) is 23.9 Å². The second-order valence-corrected chi connectivity index (χ2v) is 4.23. The van der Waals surface area contributed by atoms with E-state index in [2.05, 4.69) is 17.3 Å². The average Bonchev–Trinajstić information content (AvgIpc) is 2.38. The summed E-state index contributed by atoms with van der Waals surface area (Å²) in [5, 5.41) is 8.12. The smallest absolute Gasteiger partial charge is 0.207 e. The van der Waals surface area contributed by atoms with Crippen LogP contribution >= 0.6 is 0 Å². The van der Waals surface area contributed by atoms with E-state index < -0.39 is 0 Å². The Morgan fingerprint density at radius 3 is 2.94 bits per heavy atom. The lowest BCUT2D eigenvalue weighted by molar-refractivity contribution is 0.490. The molecule has 0 saturated carbocycles. The van der Waals surface area contributed by atoms with Gasteiger partial charge in [0.1, 0.15) is 0 Å². The highest BCUT2D eigenvalue weighted by molar-refractivity contribution is 5.77. The Hall–Kier alpha value is -1.68. The third-order valence-electron chi connectivity index (χ3n) is 3.03. The van der Waals surface area contributed by atoms with Crippen LogP contribution in [-0.2, 0) is 6.54 Å². The van der Waals surface area contributed by atoms with Crippen LogP contribution in [0, 0.1) is 0 Å². The lowest BCUT2D eigenvalue weighted by atomic mass is 10.2. The van der Waals surface area contributed by atoms with Gasteiger partial charge in [-0.15, -0.1) is 0 Å². The molecule has 0 fully saturated rings. The van der Waals surface area contributed by atoms with Crippen LogP contribution in [0.15, 0.2) is 35.3 Å². The van der Waals surface area contributed by atoms with Crippen LogP contribution in [0.4, 0.5) is 0 Å². The van der Waals surface area contributed by atoms with E-state index in [9.17, 15) is 4.79 Å². The molecule has 17 heavy (non-hydrogen) atoms. The van der Waals surface area contributed by atoms with Gasteiger partial charge in [0, 0.05) is 18.0 Å². The number of hydrogen-bond acceptors (Lipinski definition) is 3. The fourth-order valence-corrected chi connectivity index (χ4v) is 1.80. The molecule has 4 nitrogen and oxygen atoms in total. The number of benzene rings is 1. The van der Waals surface area contributed by atoms with Crippen molar-refractivity contribution in [3.05, 3.63) is 40.7 Å². The van der Waals surface area contributed by atoms with Crippen LogP contribution < -0.4 is 10.7 Å². The van der Waals surface area contributed by atoms with Crippen molar-refractivity contribution in [2.45, 2.75) is 25.9 Å². The molecule has 1 N–H and O–H groups in total. The van der Waals surface area contributed by atoms with Crippen molar-refractivity contribution in [3.63, 3.8) is 0 Å². The first-order chi connectivity index (χ1) is 8.22. The number of aromatic nitrogens is 2. The van der Waals surface area contributed by atoms with Crippen LogP contribution in [0.25, 0.3) is 10.9 Å². The van der Waals surface area contributed by atoms with Gasteiger partial charge in [-0.2, -0.15) is 5.10 Å². The van der Waals surface area contributed by atoms with Crippen LogP contribution in [0.1, 0.15) is 13.3 Å². The van der Waals surface area contributed by atoms with Crippen LogP contribution in [-0.4, -0.2) is 22.9 Å². The minimum Gasteiger partial charge on any atom is -0.317 e. The van der Waals surface area contributed by atoms with E-state index >= 15 is 0 Å². The standard InChI is InChI=1S/C13H17N3O/c1-10(14-2)7-8-16-12-6-4-3-5-11(12)13(17)9-15-16/h3-6,9-10,14H,7-8H2,1-2H3.